The molecule has 0 heterocycles. The third-order valence-electron chi connectivity index (χ3n) is 4.00. The number of anilines is 1. The van der Waals surface area contributed by atoms with E-state index in [4.69, 9.17) is 18.6 Å². The molecule has 0 atom stereocenters. The molecule has 2 aromatic carbocycles. The fraction of sp³-hybridized carbons (Fsp3) is 0.294. The summed E-state index contributed by atoms with van der Waals surface area (Å²) in [6, 6.07) is 7.97. The van der Waals surface area contributed by atoms with Crippen molar-refractivity contribution >= 4 is 47.4 Å². The Morgan fingerprint density at radius 3 is 2.03 bits per heavy atom. The summed E-state index contributed by atoms with van der Waals surface area (Å²) < 4.78 is 99.2. The summed E-state index contributed by atoms with van der Waals surface area (Å²) in [6.07, 6.45) is 0. The van der Waals surface area contributed by atoms with Gasteiger partial charge in [-0.25, -0.2) is 12.6 Å². The molecule has 2 aromatic rings. The second-order valence-corrected chi connectivity index (χ2v) is 11.0. The summed E-state index contributed by atoms with van der Waals surface area (Å²) in [6.45, 7) is -0.751. The van der Waals surface area contributed by atoms with Gasteiger partial charge in [-0.3, -0.25) is 9.11 Å². The molecule has 34 heavy (non-hydrogen) atoms. The zero-order chi connectivity index (χ0) is 25.6. The maximum atomic E-state index is 12.2. The summed E-state index contributed by atoms with van der Waals surface area (Å²) in [4.78, 5) is -0.126. The maximum absolute atomic E-state index is 12.2. The second kappa shape index (κ2) is 11.1. The van der Waals surface area contributed by atoms with Gasteiger partial charge in [-0.1, -0.05) is 0 Å². The third-order valence-corrected chi connectivity index (χ3v) is 6.67. The fourth-order valence-corrected chi connectivity index (χ4v) is 4.29. The summed E-state index contributed by atoms with van der Waals surface area (Å²) in [7, 11) is -10.2. The Balaban J connectivity index is 2.21. The highest BCUT2D eigenvalue weighted by Crippen LogP contribution is 2.39. The van der Waals surface area contributed by atoms with Gasteiger partial charge in [0.15, 0.2) is 9.84 Å². The molecule has 0 aromatic heterocycles. The van der Waals surface area contributed by atoms with Crippen molar-refractivity contribution in [1.29, 1.82) is 0 Å². The Morgan fingerprint density at radius 2 is 1.50 bits per heavy atom. The van der Waals surface area contributed by atoms with Crippen LogP contribution in [0.5, 0.6) is 11.5 Å². The number of rotatable bonds is 12. The van der Waals surface area contributed by atoms with Crippen LogP contribution in [-0.2, 0) is 34.5 Å². The van der Waals surface area contributed by atoms with Crippen molar-refractivity contribution in [2.75, 3.05) is 37.8 Å². The topological polar surface area (TPSA) is 207 Å². The molecule has 0 amide bonds. The maximum Gasteiger partial charge on any atom is 0.397 e. The van der Waals surface area contributed by atoms with Crippen LogP contribution < -0.4 is 14.8 Å². The standard InChI is InChI=1S/C17H21N3O11S3/c1-29-16-10-15(17(30-2)9-14(16)18-11-33(23,24)25)20-19-12-3-5-13(6-4-12)32(21,22)8-7-31-34(26,27)28/h3-6,9-10,18H,7-8,11H2,1-2H3,(H,23,24,25)(H,26,27,28). The van der Waals surface area contributed by atoms with E-state index in [0.717, 1.165) is 0 Å². The molecule has 2 rings (SSSR count). The van der Waals surface area contributed by atoms with E-state index in [2.05, 4.69) is 19.7 Å². The van der Waals surface area contributed by atoms with Gasteiger partial charge in [-0.2, -0.15) is 21.9 Å². The number of nitrogens with zero attached hydrogens (tertiary/aromatic N) is 2. The molecule has 0 unspecified atom stereocenters. The average molecular weight is 540 g/mol. The van der Waals surface area contributed by atoms with Crippen LogP contribution in [-0.4, -0.2) is 66.8 Å². The van der Waals surface area contributed by atoms with Crippen LogP contribution in [0.1, 0.15) is 0 Å². The highest BCUT2D eigenvalue weighted by Gasteiger charge is 2.17. The second-order valence-electron chi connectivity index (χ2n) is 6.39. The van der Waals surface area contributed by atoms with Crippen molar-refractivity contribution in [3.63, 3.8) is 0 Å². The SMILES string of the molecule is COc1cc(NCS(=O)(=O)O)c(OC)cc1N=Nc1ccc(S(=O)(=O)CCOS(=O)(=O)O)cc1. The molecule has 3 N–H and O–H groups in total. The molecular formula is C17H21N3O11S3. The predicted octanol–water partition coefficient (Wildman–Crippen LogP) is 1.97. The minimum absolute atomic E-state index is 0.126. The number of methoxy groups -OCH3 is 2. The first kappa shape index (κ1) is 27.4. The van der Waals surface area contributed by atoms with E-state index in [1.807, 2.05) is 0 Å². The lowest BCUT2D eigenvalue weighted by atomic mass is 10.2. The minimum Gasteiger partial charge on any atom is -0.495 e. The molecule has 0 radical (unpaired) electrons. The largest absolute Gasteiger partial charge is 0.495 e. The Hall–Kier alpha value is -2.83. The fourth-order valence-electron chi connectivity index (χ4n) is 2.47. The first-order chi connectivity index (χ1) is 15.7. The Bertz CT molecular complexity index is 1360. The lowest BCUT2D eigenvalue weighted by Crippen LogP contribution is -2.15. The van der Waals surface area contributed by atoms with Crippen LogP contribution in [0.2, 0.25) is 0 Å². The zero-order valence-corrected chi connectivity index (χ0v) is 20.2. The lowest BCUT2D eigenvalue weighted by Gasteiger charge is -2.13. The smallest absolute Gasteiger partial charge is 0.397 e. The van der Waals surface area contributed by atoms with Crippen LogP contribution >= 0.6 is 0 Å². The molecule has 0 aliphatic carbocycles. The molecule has 0 saturated carbocycles. The molecule has 188 valence electrons. The van der Waals surface area contributed by atoms with Crippen molar-refractivity contribution in [3.8, 4) is 11.5 Å². The van der Waals surface area contributed by atoms with Crippen molar-refractivity contribution in [3.05, 3.63) is 36.4 Å². The van der Waals surface area contributed by atoms with Crippen molar-refractivity contribution < 1.29 is 48.0 Å². The number of azo groups is 1. The molecule has 0 fully saturated rings. The van der Waals surface area contributed by atoms with Crippen molar-refractivity contribution in [2.45, 2.75) is 4.90 Å². The van der Waals surface area contributed by atoms with Crippen LogP contribution in [0, 0.1) is 0 Å². The molecule has 0 spiro atoms. The van der Waals surface area contributed by atoms with E-state index in [1.165, 1.54) is 50.6 Å². The third kappa shape index (κ3) is 8.50. The van der Waals surface area contributed by atoms with Gasteiger partial charge in [-0.05, 0) is 24.3 Å². The minimum atomic E-state index is -4.75. The molecule has 0 aliphatic rings. The Morgan fingerprint density at radius 1 is 0.882 bits per heavy atom. The number of nitrogens with one attached hydrogen (secondary N) is 1. The van der Waals surface area contributed by atoms with Gasteiger partial charge >= 0.3 is 10.4 Å². The average Bonchev–Trinajstić information content (AvgIpc) is 2.74. The first-order valence-electron chi connectivity index (χ1n) is 9.05. The van der Waals surface area contributed by atoms with E-state index in [9.17, 15) is 25.3 Å². The van der Waals surface area contributed by atoms with E-state index in [1.54, 1.807) is 0 Å². The number of hydrogen-bond donors (Lipinski definition) is 3. The van der Waals surface area contributed by atoms with E-state index >= 15 is 0 Å². The monoisotopic (exact) mass is 539 g/mol. The molecular weight excluding hydrogens is 518 g/mol. The zero-order valence-electron chi connectivity index (χ0n) is 17.8. The predicted molar refractivity (Wildman–Crippen MR) is 120 cm³/mol. The van der Waals surface area contributed by atoms with E-state index < -0.39 is 48.6 Å². The molecule has 0 bridgehead atoms. The van der Waals surface area contributed by atoms with Crippen LogP contribution in [0.3, 0.4) is 0 Å². The Kier molecular flexibility index (Phi) is 8.92. The quantitative estimate of drug-likeness (QED) is 0.261. The van der Waals surface area contributed by atoms with Gasteiger partial charge in [0.2, 0.25) is 0 Å². The first-order valence-corrected chi connectivity index (χ1v) is 13.7. The molecule has 14 nitrogen and oxygen atoms in total. The molecule has 17 heteroatoms. The highest BCUT2D eigenvalue weighted by atomic mass is 32.3. The summed E-state index contributed by atoms with van der Waals surface area (Å²) in [5.74, 6) is -1.06. The summed E-state index contributed by atoms with van der Waals surface area (Å²) in [5, 5.41) is 10.5. The van der Waals surface area contributed by atoms with Gasteiger partial charge in [0, 0.05) is 12.1 Å². The van der Waals surface area contributed by atoms with Crippen LogP contribution in [0.25, 0.3) is 0 Å². The number of sulfone groups is 1. The molecule has 0 saturated heterocycles. The van der Waals surface area contributed by atoms with Gasteiger partial charge < -0.3 is 14.8 Å². The van der Waals surface area contributed by atoms with Crippen molar-refractivity contribution in [2.24, 2.45) is 10.2 Å². The van der Waals surface area contributed by atoms with Gasteiger partial charge in [0.1, 0.15) is 23.1 Å². The number of ether oxygens (including phenoxy) is 2. The normalized spacial score (nSPS) is 12.6. The highest BCUT2D eigenvalue weighted by molar-refractivity contribution is 7.91. The van der Waals surface area contributed by atoms with Gasteiger partial charge in [-0.15, -0.1) is 5.11 Å². The Labute approximate surface area is 196 Å². The lowest BCUT2D eigenvalue weighted by molar-refractivity contribution is 0.284. The molecule has 0 aliphatic heterocycles. The summed E-state index contributed by atoms with van der Waals surface area (Å²) in [5.41, 5.74) is 0.682. The van der Waals surface area contributed by atoms with Crippen molar-refractivity contribution in [1.82, 2.24) is 0 Å². The van der Waals surface area contributed by atoms with E-state index in [0.29, 0.717) is 0 Å². The van der Waals surface area contributed by atoms with Gasteiger partial charge in [0.25, 0.3) is 10.1 Å². The van der Waals surface area contributed by atoms with Crippen LogP contribution in [0.15, 0.2) is 51.5 Å². The van der Waals surface area contributed by atoms with E-state index in [-0.39, 0.29) is 33.5 Å². The van der Waals surface area contributed by atoms with Crippen LogP contribution in [0.4, 0.5) is 17.1 Å². The van der Waals surface area contributed by atoms with Gasteiger partial charge in [0.05, 0.1) is 42.8 Å². The number of hydrogen-bond acceptors (Lipinski definition) is 12. The number of benzene rings is 2. The summed E-state index contributed by atoms with van der Waals surface area (Å²) >= 11 is 0.